The van der Waals surface area contributed by atoms with Gasteiger partial charge in [-0.25, -0.2) is 4.57 Å². The van der Waals surface area contributed by atoms with Crippen molar-refractivity contribution >= 4 is 18.7 Å². The first-order valence-electron chi connectivity index (χ1n) is 6.51. The van der Waals surface area contributed by atoms with Gasteiger partial charge >= 0.3 is 0 Å². The molecule has 0 saturated heterocycles. The molecule has 0 radical (unpaired) electrons. The summed E-state index contributed by atoms with van der Waals surface area (Å²) in [6.07, 6.45) is 19.7. The van der Waals surface area contributed by atoms with Crippen molar-refractivity contribution in [3.63, 3.8) is 0 Å². The molecule has 1 aliphatic rings. The van der Waals surface area contributed by atoms with Crippen LogP contribution < -0.4 is 4.57 Å². The number of rotatable bonds is 6. The smallest absolute Gasteiger partial charge is 0.169 e. The van der Waals surface area contributed by atoms with Crippen molar-refractivity contribution in [2.24, 2.45) is 5.92 Å². The Labute approximate surface area is 115 Å². The van der Waals surface area contributed by atoms with Gasteiger partial charge in [-0.15, -0.1) is 0 Å². The van der Waals surface area contributed by atoms with Crippen LogP contribution in [0.2, 0.25) is 0 Å². The third-order valence-electron chi connectivity index (χ3n) is 3.03. The summed E-state index contributed by atoms with van der Waals surface area (Å²) in [6.45, 7) is 1.08. The summed E-state index contributed by atoms with van der Waals surface area (Å²) in [5.74, 6) is 1.44. The molecule has 0 N–H and O–H groups in total. The van der Waals surface area contributed by atoms with Gasteiger partial charge in [-0.05, 0) is 17.7 Å². The molecule has 0 aliphatic heterocycles. The highest BCUT2D eigenvalue weighted by Crippen LogP contribution is 2.12. The molecule has 0 saturated carbocycles. The highest BCUT2D eigenvalue weighted by Gasteiger charge is 2.00. The van der Waals surface area contributed by atoms with E-state index in [0.717, 1.165) is 12.3 Å². The lowest BCUT2D eigenvalue weighted by Crippen LogP contribution is -2.32. The highest BCUT2D eigenvalue weighted by molar-refractivity contribution is 7.80. The second kappa shape index (κ2) is 7.22. The van der Waals surface area contributed by atoms with Gasteiger partial charge in [0.1, 0.15) is 6.54 Å². The molecular formula is C16H20NS+. The summed E-state index contributed by atoms with van der Waals surface area (Å²) in [5.41, 5.74) is 1.26. The van der Waals surface area contributed by atoms with Gasteiger partial charge in [0.15, 0.2) is 12.4 Å². The zero-order chi connectivity index (χ0) is 12.6. The van der Waals surface area contributed by atoms with Crippen LogP contribution in [0.15, 0.2) is 54.9 Å². The monoisotopic (exact) mass is 258 g/mol. The van der Waals surface area contributed by atoms with E-state index in [0.29, 0.717) is 5.92 Å². The molecule has 0 amide bonds. The van der Waals surface area contributed by atoms with Gasteiger partial charge in [0, 0.05) is 24.5 Å². The summed E-state index contributed by atoms with van der Waals surface area (Å²) >= 11 is 4.22. The second-order valence-corrected chi connectivity index (χ2v) is 4.95. The largest absolute Gasteiger partial charge is 0.205 e. The number of nitrogens with zero attached hydrogens (tertiary/aromatic N) is 1. The van der Waals surface area contributed by atoms with Crippen LogP contribution in [0.3, 0.4) is 0 Å². The van der Waals surface area contributed by atoms with Gasteiger partial charge < -0.3 is 0 Å². The Bertz CT molecular complexity index is 431. The highest BCUT2D eigenvalue weighted by atomic mass is 32.1. The van der Waals surface area contributed by atoms with Crippen molar-refractivity contribution in [1.29, 1.82) is 0 Å². The van der Waals surface area contributed by atoms with Gasteiger partial charge in [0.05, 0.1) is 0 Å². The summed E-state index contributed by atoms with van der Waals surface area (Å²) in [5, 5.41) is 0. The maximum absolute atomic E-state index is 4.22. The molecule has 0 aromatic carbocycles. The lowest BCUT2D eigenvalue weighted by atomic mass is 10.1. The number of allylic oxidation sites excluding steroid dienone is 5. The van der Waals surface area contributed by atoms with Crippen LogP contribution in [0, 0.1) is 5.92 Å². The molecule has 1 aliphatic carbocycles. The van der Waals surface area contributed by atoms with E-state index < -0.39 is 0 Å². The molecule has 2 heteroatoms. The van der Waals surface area contributed by atoms with Gasteiger partial charge in [-0.1, -0.05) is 36.5 Å². The summed E-state index contributed by atoms with van der Waals surface area (Å²) < 4.78 is 2.23. The molecule has 0 fully saturated rings. The van der Waals surface area contributed by atoms with Crippen LogP contribution in [0.5, 0.6) is 0 Å². The Hall–Kier alpha value is -1.28. The van der Waals surface area contributed by atoms with E-state index in [1.165, 1.54) is 18.4 Å². The minimum absolute atomic E-state index is 0.465. The Kier molecular flexibility index (Phi) is 5.28. The van der Waals surface area contributed by atoms with E-state index in [1.807, 2.05) is 0 Å². The normalized spacial score (nSPS) is 14.9. The van der Waals surface area contributed by atoms with E-state index in [1.54, 1.807) is 0 Å². The molecule has 1 aromatic rings. The molecule has 1 heterocycles. The first-order chi connectivity index (χ1) is 8.88. The van der Waals surface area contributed by atoms with Gasteiger partial charge in [0.25, 0.3) is 0 Å². The van der Waals surface area contributed by atoms with Gasteiger partial charge in [-0.2, -0.15) is 12.6 Å². The van der Waals surface area contributed by atoms with Crippen molar-refractivity contribution in [1.82, 2.24) is 0 Å². The number of pyridine rings is 1. The number of thiol groups is 1. The topological polar surface area (TPSA) is 3.88 Å². The Morgan fingerprint density at radius 3 is 2.50 bits per heavy atom. The molecule has 1 aromatic heterocycles. The molecule has 18 heavy (non-hydrogen) atoms. The first kappa shape index (κ1) is 13.2. The molecular weight excluding hydrogens is 238 g/mol. The van der Waals surface area contributed by atoms with Crippen LogP contribution >= 0.6 is 12.6 Å². The van der Waals surface area contributed by atoms with Crippen LogP contribution in [0.25, 0.3) is 6.08 Å². The van der Waals surface area contributed by atoms with Crippen LogP contribution in [-0.2, 0) is 6.54 Å². The Balaban J connectivity index is 1.87. The minimum atomic E-state index is 0.465. The Morgan fingerprint density at radius 2 is 1.83 bits per heavy atom. The Morgan fingerprint density at radius 1 is 1.11 bits per heavy atom. The minimum Gasteiger partial charge on any atom is -0.205 e. The standard InChI is InChI=1S/C16H19NS/c18-14-4-3-11-17-12-9-16(10-13-17)8-7-15-5-1-2-6-15/h1-2,5-10,12-13,15H,3-4,11,14H2/p+1/b8-7+. The zero-order valence-corrected chi connectivity index (χ0v) is 11.5. The zero-order valence-electron chi connectivity index (χ0n) is 10.6. The molecule has 2 rings (SSSR count). The number of hydrogen-bond donors (Lipinski definition) is 1. The van der Waals surface area contributed by atoms with E-state index in [9.17, 15) is 0 Å². The summed E-state index contributed by atoms with van der Waals surface area (Å²) in [4.78, 5) is 0. The van der Waals surface area contributed by atoms with Gasteiger partial charge in [-0.3, -0.25) is 0 Å². The van der Waals surface area contributed by atoms with E-state index in [4.69, 9.17) is 0 Å². The predicted octanol–water partition coefficient (Wildman–Crippen LogP) is 3.44. The van der Waals surface area contributed by atoms with Crippen molar-refractivity contribution < 1.29 is 4.57 Å². The fourth-order valence-corrected chi connectivity index (χ4v) is 2.16. The average Bonchev–Trinajstić information content (AvgIpc) is 2.91. The molecule has 0 spiro atoms. The SMILES string of the molecule is SCCCC[n+]1ccc(/C=C/C2C=CC=C2)cc1. The lowest BCUT2D eigenvalue weighted by Gasteiger charge is -1.98. The summed E-state index contributed by atoms with van der Waals surface area (Å²) in [7, 11) is 0. The van der Waals surface area contributed by atoms with Crippen molar-refractivity contribution in [2.45, 2.75) is 19.4 Å². The first-order valence-corrected chi connectivity index (χ1v) is 7.15. The number of hydrogen-bond acceptors (Lipinski definition) is 1. The number of aromatic nitrogens is 1. The van der Waals surface area contributed by atoms with Crippen LogP contribution in [-0.4, -0.2) is 5.75 Å². The summed E-state index contributed by atoms with van der Waals surface area (Å²) in [6, 6.07) is 4.33. The van der Waals surface area contributed by atoms with Crippen LogP contribution in [0.1, 0.15) is 18.4 Å². The lowest BCUT2D eigenvalue weighted by molar-refractivity contribution is -0.697. The maximum atomic E-state index is 4.22. The molecule has 94 valence electrons. The van der Waals surface area contributed by atoms with Crippen molar-refractivity contribution in [3.05, 3.63) is 60.5 Å². The fraction of sp³-hybridized carbons (Fsp3) is 0.312. The third kappa shape index (κ3) is 4.19. The van der Waals surface area contributed by atoms with E-state index in [2.05, 4.69) is 78.2 Å². The van der Waals surface area contributed by atoms with Gasteiger partial charge in [0.2, 0.25) is 0 Å². The maximum Gasteiger partial charge on any atom is 0.169 e. The van der Waals surface area contributed by atoms with E-state index >= 15 is 0 Å². The molecule has 0 atom stereocenters. The second-order valence-electron chi connectivity index (χ2n) is 4.51. The average molecular weight is 258 g/mol. The molecule has 0 bridgehead atoms. The van der Waals surface area contributed by atoms with Crippen molar-refractivity contribution in [3.8, 4) is 0 Å². The third-order valence-corrected chi connectivity index (χ3v) is 3.35. The predicted molar refractivity (Wildman–Crippen MR) is 80.5 cm³/mol. The quantitative estimate of drug-likeness (QED) is 0.453. The van der Waals surface area contributed by atoms with Crippen LogP contribution in [0.4, 0.5) is 0 Å². The van der Waals surface area contributed by atoms with E-state index in [-0.39, 0.29) is 0 Å². The molecule has 0 unspecified atom stereocenters. The van der Waals surface area contributed by atoms with Crippen molar-refractivity contribution in [2.75, 3.05) is 5.75 Å². The fourth-order valence-electron chi connectivity index (χ4n) is 1.93. The molecule has 1 nitrogen and oxygen atoms in total. The number of aryl methyl sites for hydroxylation is 1. The number of unbranched alkanes of at least 4 members (excludes halogenated alkanes) is 1.